The largest absolute Gasteiger partial charge is 0.494 e. The molecule has 5 nitrogen and oxygen atoms in total. The number of carbonyl (C=O) groups excluding carboxylic acids is 1. The van der Waals surface area contributed by atoms with Crippen molar-refractivity contribution in [3.8, 4) is 0 Å². The highest BCUT2D eigenvalue weighted by atomic mass is 19.4. The molecule has 2 saturated heterocycles. The van der Waals surface area contributed by atoms with Crippen LogP contribution in [0, 0.1) is 0 Å². The van der Waals surface area contributed by atoms with Crippen molar-refractivity contribution >= 4 is 18.5 Å². The van der Waals surface area contributed by atoms with Crippen molar-refractivity contribution in [2.45, 2.75) is 63.1 Å². The Labute approximate surface area is 156 Å². The minimum atomic E-state index is -4.61. The van der Waals surface area contributed by atoms with Gasteiger partial charge in [0.05, 0.1) is 11.2 Å². The van der Waals surface area contributed by atoms with Gasteiger partial charge in [0.25, 0.3) is 5.91 Å². The summed E-state index contributed by atoms with van der Waals surface area (Å²) in [4.78, 5) is 13.0. The Bertz CT molecular complexity index is 751. The summed E-state index contributed by atoms with van der Waals surface area (Å²) in [6, 6.07) is 4.16. The number of aliphatic hydroxyl groups is 1. The van der Waals surface area contributed by atoms with Crippen molar-refractivity contribution in [1.29, 1.82) is 0 Å². The molecule has 2 heterocycles. The number of amides is 1. The zero-order valence-corrected chi connectivity index (χ0v) is 15.9. The van der Waals surface area contributed by atoms with Crippen molar-refractivity contribution < 1.29 is 32.4 Å². The summed E-state index contributed by atoms with van der Waals surface area (Å²) in [6.07, 6.45) is -5.36. The summed E-state index contributed by atoms with van der Waals surface area (Å²) in [6.45, 7) is 7.53. The van der Waals surface area contributed by atoms with E-state index >= 15 is 0 Å². The topological polar surface area (TPSA) is 59.0 Å². The zero-order chi connectivity index (χ0) is 20.4. The minimum Gasteiger partial charge on any atom is -0.399 e. The van der Waals surface area contributed by atoms with Gasteiger partial charge >= 0.3 is 13.3 Å². The van der Waals surface area contributed by atoms with Gasteiger partial charge in [-0.05, 0) is 38.7 Å². The fourth-order valence-corrected chi connectivity index (χ4v) is 3.44. The molecular weight excluding hydrogens is 362 g/mol. The van der Waals surface area contributed by atoms with E-state index in [1.165, 1.54) is 12.1 Å². The molecule has 9 heteroatoms. The van der Waals surface area contributed by atoms with Gasteiger partial charge in [0.1, 0.15) is 6.04 Å². The van der Waals surface area contributed by atoms with E-state index in [-0.39, 0.29) is 5.56 Å². The van der Waals surface area contributed by atoms with Crippen LogP contribution < -0.4 is 5.46 Å². The Morgan fingerprint density at radius 2 is 1.74 bits per heavy atom. The molecule has 0 aromatic heterocycles. The molecule has 0 saturated carbocycles. The number of hydrogen-bond donors (Lipinski definition) is 1. The number of alkyl halides is 3. The van der Waals surface area contributed by atoms with Crippen LogP contribution in [0.1, 0.15) is 39.7 Å². The van der Waals surface area contributed by atoms with Crippen LogP contribution in [-0.4, -0.2) is 53.5 Å². The lowest BCUT2D eigenvalue weighted by Crippen LogP contribution is -2.41. The summed E-state index contributed by atoms with van der Waals surface area (Å²) in [5.41, 5.74) is -2.79. The normalized spacial score (nSPS) is 30.3. The predicted octanol–water partition coefficient (Wildman–Crippen LogP) is 1.97. The third kappa shape index (κ3) is 3.15. The predicted molar refractivity (Wildman–Crippen MR) is 93.3 cm³/mol. The second-order valence-electron chi connectivity index (χ2n) is 8.25. The molecular formula is C18H23BF3NO4. The molecule has 2 atom stereocenters. The van der Waals surface area contributed by atoms with Crippen LogP contribution in [0.3, 0.4) is 0 Å². The van der Waals surface area contributed by atoms with Gasteiger partial charge in [-0.1, -0.05) is 24.3 Å². The van der Waals surface area contributed by atoms with Gasteiger partial charge < -0.3 is 19.3 Å². The van der Waals surface area contributed by atoms with E-state index in [0.717, 1.165) is 7.05 Å². The minimum absolute atomic E-state index is 0.0957. The van der Waals surface area contributed by atoms with E-state index in [4.69, 9.17) is 9.31 Å². The smallest absolute Gasteiger partial charge is 0.399 e. The van der Waals surface area contributed by atoms with Crippen LogP contribution >= 0.6 is 0 Å². The van der Waals surface area contributed by atoms with Gasteiger partial charge in [-0.2, -0.15) is 13.2 Å². The first-order valence-corrected chi connectivity index (χ1v) is 8.71. The summed E-state index contributed by atoms with van der Waals surface area (Å²) >= 11 is 0. The zero-order valence-electron chi connectivity index (χ0n) is 15.9. The summed E-state index contributed by atoms with van der Waals surface area (Å²) in [5.74, 6) is -0.976. The Balaban J connectivity index is 1.94. The van der Waals surface area contributed by atoms with Crippen LogP contribution in [0.2, 0.25) is 0 Å². The summed E-state index contributed by atoms with van der Waals surface area (Å²) < 4.78 is 51.5. The molecule has 0 radical (unpaired) electrons. The first-order chi connectivity index (χ1) is 12.2. The van der Waals surface area contributed by atoms with E-state index in [9.17, 15) is 23.1 Å². The van der Waals surface area contributed by atoms with Gasteiger partial charge in [0, 0.05) is 13.5 Å². The molecule has 27 heavy (non-hydrogen) atoms. The second kappa shape index (κ2) is 5.96. The first-order valence-electron chi connectivity index (χ1n) is 8.71. The summed E-state index contributed by atoms with van der Waals surface area (Å²) in [7, 11) is 0.308. The number of rotatable bonds is 2. The maximum absolute atomic E-state index is 13.2. The Hall–Kier alpha value is -1.58. The Morgan fingerprint density at radius 3 is 2.22 bits per heavy atom. The molecule has 3 rings (SSSR count). The second-order valence-corrected chi connectivity index (χ2v) is 8.25. The number of hydrogen-bond acceptors (Lipinski definition) is 4. The molecule has 1 aromatic rings. The third-order valence-corrected chi connectivity index (χ3v) is 5.90. The van der Waals surface area contributed by atoms with Crippen LogP contribution in [0.4, 0.5) is 13.2 Å². The molecule has 148 valence electrons. The fraction of sp³-hybridized carbons (Fsp3) is 0.611. The average Bonchev–Trinajstić information content (AvgIpc) is 2.92. The molecule has 0 spiro atoms. The number of likely N-dealkylation sites (N-methyl/N-ethyl adjacent to an activating group) is 1. The van der Waals surface area contributed by atoms with Crippen molar-refractivity contribution in [2.75, 3.05) is 7.05 Å². The van der Waals surface area contributed by atoms with Crippen molar-refractivity contribution in [3.05, 3.63) is 29.8 Å². The van der Waals surface area contributed by atoms with E-state index < -0.39 is 48.5 Å². The van der Waals surface area contributed by atoms with Crippen molar-refractivity contribution in [2.24, 2.45) is 0 Å². The van der Waals surface area contributed by atoms with Crippen LogP contribution in [-0.2, 0) is 19.7 Å². The molecule has 1 aromatic carbocycles. The standard InChI is InChI=1S/C18H23BF3NO4/c1-15(2)16(3,4)27-19(26-15)12-8-6-7-11(9-12)17(25)10-13(18(20,21)22)23(5)14(17)24/h6-9,13,25H,10H2,1-5H3. The lowest BCUT2D eigenvalue weighted by molar-refractivity contribution is -0.177. The highest BCUT2D eigenvalue weighted by molar-refractivity contribution is 6.62. The highest BCUT2D eigenvalue weighted by Crippen LogP contribution is 2.42. The summed E-state index contributed by atoms with van der Waals surface area (Å²) in [5, 5.41) is 10.8. The first kappa shape index (κ1) is 20.2. The van der Waals surface area contributed by atoms with E-state index in [1.807, 2.05) is 27.7 Å². The number of benzene rings is 1. The maximum Gasteiger partial charge on any atom is 0.494 e. The molecule has 0 bridgehead atoms. The monoisotopic (exact) mass is 385 g/mol. The van der Waals surface area contributed by atoms with E-state index in [0.29, 0.717) is 10.4 Å². The Kier molecular flexibility index (Phi) is 4.45. The number of nitrogens with zero attached hydrogens (tertiary/aromatic N) is 1. The van der Waals surface area contributed by atoms with Gasteiger partial charge in [-0.15, -0.1) is 0 Å². The van der Waals surface area contributed by atoms with Gasteiger partial charge in [-0.25, -0.2) is 0 Å². The molecule has 1 N–H and O–H groups in total. The molecule has 1 amide bonds. The molecule has 2 aliphatic rings. The number of likely N-dealkylation sites (tertiary alicyclic amines) is 1. The maximum atomic E-state index is 13.2. The quantitative estimate of drug-likeness (QED) is 0.791. The van der Waals surface area contributed by atoms with Gasteiger partial charge in [-0.3, -0.25) is 4.79 Å². The molecule has 2 fully saturated rings. The lowest BCUT2D eigenvalue weighted by Gasteiger charge is -2.32. The van der Waals surface area contributed by atoms with Gasteiger partial charge in [0.2, 0.25) is 0 Å². The fourth-order valence-electron chi connectivity index (χ4n) is 3.44. The van der Waals surface area contributed by atoms with Crippen LogP contribution in [0.5, 0.6) is 0 Å². The van der Waals surface area contributed by atoms with Crippen molar-refractivity contribution in [3.63, 3.8) is 0 Å². The van der Waals surface area contributed by atoms with Crippen molar-refractivity contribution in [1.82, 2.24) is 4.90 Å². The lowest BCUT2D eigenvalue weighted by atomic mass is 9.76. The van der Waals surface area contributed by atoms with Crippen LogP contribution in [0.15, 0.2) is 24.3 Å². The third-order valence-electron chi connectivity index (χ3n) is 5.90. The Morgan fingerprint density at radius 1 is 1.19 bits per heavy atom. The van der Waals surface area contributed by atoms with Gasteiger partial charge in [0.15, 0.2) is 5.60 Å². The van der Waals surface area contributed by atoms with Crippen LogP contribution in [0.25, 0.3) is 0 Å². The highest BCUT2D eigenvalue weighted by Gasteiger charge is 2.59. The molecule has 2 unspecified atom stereocenters. The molecule has 2 aliphatic heterocycles. The average molecular weight is 385 g/mol. The SMILES string of the molecule is CN1C(=O)C(O)(c2cccc(B3OC(C)(C)C(C)(C)O3)c2)CC1C(F)(F)F. The number of carbonyl (C=O) groups is 1. The van der Waals surface area contributed by atoms with E-state index in [2.05, 4.69) is 0 Å². The van der Waals surface area contributed by atoms with E-state index in [1.54, 1.807) is 12.1 Å². The number of halogens is 3. The molecule has 0 aliphatic carbocycles.